The van der Waals surface area contributed by atoms with Gasteiger partial charge in [0.1, 0.15) is 10.7 Å². The van der Waals surface area contributed by atoms with Gasteiger partial charge in [-0.3, -0.25) is 4.79 Å². The Bertz CT molecular complexity index is 1110. The molecule has 4 rings (SSSR count). The SMILES string of the molecule is CCCN1C(C)=NS(=O)(=O)c2cc(C(=O)NCc3ccc4c(c3)OCO4)ccc21. The van der Waals surface area contributed by atoms with Crippen LogP contribution >= 0.6 is 0 Å². The Balaban J connectivity index is 1.55. The minimum atomic E-state index is -3.84. The molecule has 2 heterocycles. The maximum Gasteiger partial charge on any atom is 0.286 e. The standard InChI is InChI=1S/C20H21N3O5S/c1-3-8-23-13(2)22-29(25,26)19-10-15(5-6-16(19)23)20(24)21-11-14-4-7-17-18(9-14)28-12-27-17/h4-7,9-10H,3,8,11-12H2,1-2H3,(H,21,24). The largest absolute Gasteiger partial charge is 0.454 e. The number of hydrogen-bond donors (Lipinski definition) is 1. The second kappa shape index (κ2) is 7.40. The number of fused-ring (bicyclic) bond motifs is 2. The summed E-state index contributed by atoms with van der Waals surface area (Å²) in [7, 11) is -3.84. The number of amidine groups is 1. The molecule has 152 valence electrons. The van der Waals surface area contributed by atoms with E-state index in [1.54, 1.807) is 31.2 Å². The van der Waals surface area contributed by atoms with Crippen molar-refractivity contribution in [1.82, 2.24) is 5.32 Å². The summed E-state index contributed by atoms with van der Waals surface area (Å²) in [5.74, 6) is 1.38. The monoisotopic (exact) mass is 415 g/mol. The van der Waals surface area contributed by atoms with E-state index in [2.05, 4.69) is 9.71 Å². The Morgan fingerprint density at radius 1 is 1.17 bits per heavy atom. The first-order chi connectivity index (χ1) is 13.9. The van der Waals surface area contributed by atoms with E-state index in [-0.39, 0.29) is 29.7 Å². The Kier molecular flexibility index (Phi) is 4.91. The molecule has 0 bridgehead atoms. The molecule has 0 atom stereocenters. The van der Waals surface area contributed by atoms with Crippen molar-refractivity contribution in [2.24, 2.45) is 4.40 Å². The third kappa shape index (κ3) is 3.65. The van der Waals surface area contributed by atoms with E-state index in [0.29, 0.717) is 29.6 Å². The number of nitrogens with zero attached hydrogens (tertiary/aromatic N) is 2. The summed E-state index contributed by atoms with van der Waals surface area (Å²) in [6.45, 7) is 4.79. The Hall–Kier alpha value is -3.07. The fourth-order valence-electron chi connectivity index (χ4n) is 3.37. The molecule has 0 spiro atoms. The first-order valence-corrected chi connectivity index (χ1v) is 10.7. The van der Waals surface area contributed by atoms with Crippen molar-refractivity contribution in [1.29, 1.82) is 0 Å². The molecule has 2 aromatic carbocycles. The lowest BCUT2D eigenvalue weighted by Crippen LogP contribution is -2.34. The smallest absolute Gasteiger partial charge is 0.286 e. The predicted octanol–water partition coefficient (Wildman–Crippen LogP) is 2.68. The Labute approximate surface area is 169 Å². The summed E-state index contributed by atoms with van der Waals surface area (Å²) < 4.78 is 39.5. The number of ether oxygens (including phenoxy) is 2. The number of sulfonamides is 1. The number of amides is 1. The molecular formula is C20H21N3O5S. The maximum atomic E-state index is 12.6. The molecule has 0 saturated heterocycles. The Morgan fingerprint density at radius 2 is 1.97 bits per heavy atom. The second-order valence-corrected chi connectivity index (χ2v) is 8.39. The van der Waals surface area contributed by atoms with Gasteiger partial charge in [-0.1, -0.05) is 13.0 Å². The van der Waals surface area contributed by atoms with Gasteiger partial charge in [0.05, 0.1) is 5.69 Å². The summed E-state index contributed by atoms with van der Waals surface area (Å²) in [6.07, 6.45) is 0.837. The molecule has 0 fully saturated rings. The molecule has 1 N–H and O–H groups in total. The van der Waals surface area contributed by atoms with E-state index in [4.69, 9.17) is 9.47 Å². The van der Waals surface area contributed by atoms with E-state index >= 15 is 0 Å². The average Bonchev–Trinajstić information content (AvgIpc) is 3.16. The van der Waals surface area contributed by atoms with Crippen LogP contribution in [0.2, 0.25) is 0 Å². The van der Waals surface area contributed by atoms with Crippen molar-refractivity contribution < 1.29 is 22.7 Å². The number of carbonyl (C=O) groups excluding carboxylic acids is 1. The maximum absolute atomic E-state index is 12.6. The van der Waals surface area contributed by atoms with Crippen LogP contribution in [-0.4, -0.2) is 33.5 Å². The van der Waals surface area contributed by atoms with Gasteiger partial charge in [-0.25, -0.2) is 0 Å². The van der Waals surface area contributed by atoms with E-state index < -0.39 is 10.0 Å². The van der Waals surface area contributed by atoms with Crippen molar-refractivity contribution in [2.45, 2.75) is 31.7 Å². The van der Waals surface area contributed by atoms with Gasteiger partial charge in [0.25, 0.3) is 15.9 Å². The van der Waals surface area contributed by atoms with E-state index in [0.717, 1.165) is 12.0 Å². The fraction of sp³-hybridized carbons (Fsp3) is 0.300. The third-order valence-electron chi connectivity index (χ3n) is 4.77. The lowest BCUT2D eigenvalue weighted by molar-refractivity contribution is 0.0950. The van der Waals surface area contributed by atoms with Crippen LogP contribution in [0.4, 0.5) is 5.69 Å². The summed E-state index contributed by atoms with van der Waals surface area (Å²) in [5, 5.41) is 2.81. The summed E-state index contributed by atoms with van der Waals surface area (Å²) >= 11 is 0. The first kappa shape index (κ1) is 19.3. The molecule has 9 heteroatoms. The molecule has 2 aliphatic heterocycles. The van der Waals surface area contributed by atoms with Gasteiger partial charge >= 0.3 is 0 Å². The summed E-state index contributed by atoms with van der Waals surface area (Å²) in [6, 6.07) is 10.1. The molecule has 2 aromatic rings. The van der Waals surface area contributed by atoms with Gasteiger partial charge in [0.2, 0.25) is 6.79 Å². The van der Waals surface area contributed by atoms with Crippen LogP contribution < -0.4 is 19.7 Å². The molecule has 0 aliphatic carbocycles. The number of carbonyl (C=O) groups is 1. The van der Waals surface area contributed by atoms with Gasteiger partial charge in [-0.2, -0.15) is 8.42 Å². The number of rotatable bonds is 5. The molecule has 0 radical (unpaired) electrons. The molecule has 2 aliphatic rings. The fourth-order valence-corrected chi connectivity index (χ4v) is 4.64. The number of hydrogen-bond acceptors (Lipinski definition) is 6. The zero-order valence-corrected chi connectivity index (χ0v) is 17.0. The van der Waals surface area contributed by atoms with Crippen LogP contribution in [0, 0.1) is 0 Å². The third-order valence-corrected chi connectivity index (χ3v) is 6.16. The van der Waals surface area contributed by atoms with E-state index in [1.165, 1.54) is 6.07 Å². The van der Waals surface area contributed by atoms with Crippen LogP contribution in [-0.2, 0) is 16.6 Å². The van der Waals surface area contributed by atoms with Gasteiger partial charge in [-0.15, -0.1) is 4.40 Å². The predicted molar refractivity (Wildman–Crippen MR) is 108 cm³/mol. The lowest BCUT2D eigenvalue weighted by atomic mass is 10.1. The highest BCUT2D eigenvalue weighted by Crippen LogP contribution is 2.33. The van der Waals surface area contributed by atoms with Gasteiger partial charge in [0, 0.05) is 18.7 Å². The van der Waals surface area contributed by atoms with Gasteiger partial charge < -0.3 is 19.7 Å². The molecule has 8 nitrogen and oxygen atoms in total. The van der Waals surface area contributed by atoms with Crippen molar-refractivity contribution in [2.75, 3.05) is 18.2 Å². The summed E-state index contributed by atoms with van der Waals surface area (Å²) in [4.78, 5) is 14.5. The van der Waals surface area contributed by atoms with Gasteiger partial charge in [-0.05, 0) is 49.2 Å². The molecule has 0 unspecified atom stereocenters. The zero-order valence-electron chi connectivity index (χ0n) is 16.1. The molecular weight excluding hydrogens is 394 g/mol. The minimum absolute atomic E-state index is 0.0484. The highest BCUT2D eigenvalue weighted by atomic mass is 32.2. The van der Waals surface area contributed by atoms with Crippen molar-refractivity contribution in [3.63, 3.8) is 0 Å². The normalized spacial score (nSPS) is 16.2. The van der Waals surface area contributed by atoms with E-state index in [1.807, 2.05) is 17.9 Å². The van der Waals surface area contributed by atoms with Gasteiger partial charge in [0.15, 0.2) is 11.5 Å². The quantitative estimate of drug-likeness (QED) is 0.806. The van der Waals surface area contributed by atoms with Crippen LogP contribution in [0.1, 0.15) is 36.2 Å². The van der Waals surface area contributed by atoms with Crippen molar-refractivity contribution >= 4 is 27.5 Å². The highest BCUT2D eigenvalue weighted by Gasteiger charge is 2.29. The molecule has 0 aromatic heterocycles. The first-order valence-electron chi connectivity index (χ1n) is 9.29. The molecule has 29 heavy (non-hydrogen) atoms. The second-order valence-electron chi connectivity index (χ2n) is 6.82. The van der Waals surface area contributed by atoms with Crippen LogP contribution in [0.3, 0.4) is 0 Å². The highest BCUT2D eigenvalue weighted by molar-refractivity contribution is 7.90. The van der Waals surface area contributed by atoms with Crippen LogP contribution in [0.5, 0.6) is 11.5 Å². The zero-order chi connectivity index (χ0) is 20.6. The van der Waals surface area contributed by atoms with Crippen LogP contribution in [0.15, 0.2) is 45.7 Å². The number of nitrogens with one attached hydrogen (secondary N) is 1. The summed E-state index contributed by atoms with van der Waals surface area (Å²) in [5.41, 5.74) is 1.66. The topological polar surface area (TPSA) is 97.3 Å². The molecule has 0 saturated carbocycles. The number of anilines is 1. The Morgan fingerprint density at radius 3 is 2.76 bits per heavy atom. The van der Waals surface area contributed by atoms with E-state index in [9.17, 15) is 13.2 Å². The minimum Gasteiger partial charge on any atom is -0.454 e. The lowest BCUT2D eigenvalue weighted by Gasteiger charge is -2.29. The van der Waals surface area contributed by atoms with Crippen molar-refractivity contribution in [3.8, 4) is 11.5 Å². The van der Waals surface area contributed by atoms with Crippen LogP contribution in [0.25, 0.3) is 0 Å². The molecule has 1 amide bonds. The van der Waals surface area contributed by atoms with Crippen molar-refractivity contribution in [3.05, 3.63) is 47.5 Å². The average molecular weight is 415 g/mol. The number of benzene rings is 2.